The molecule has 0 unspecified atom stereocenters. The molecule has 2 aliphatic rings. The summed E-state index contributed by atoms with van der Waals surface area (Å²) < 4.78 is 15.9. The monoisotopic (exact) mass is 446 g/mol. The Bertz CT molecular complexity index is 1190. The molecule has 1 aromatic heterocycles. The number of rotatable bonds is 4. The van der Waals surface area contributed by atoms with E-state index in [1.54, 1.807) is 12.1 Å². The number of nitrogens with zero attached hydrogens (tertiary/aromatic N) is 2. The largest absolute Gasteiger partial charge is 0.493 e. The predicted octanol–water partition coefficient (Wildman–Crippen LogP) is -0.0594. The lowest BCUT2D eigenvalue weighted by atomic mass is 9.78. The molecule has 1 amide bonds. The molecular formula is C21H22N2O9. The Morgan fingerprint density at radius 2 is 2.00 bits per heavy atom. The first-order valence-corrected chi connectivity index (χ1v) is 9.67. The Kier molecular flexibility index (Phi) is 5.41. The summed E-state index contributed by atoms with van der Waals surface area (Å²) in [7, 11) is 4.20. The Labute approximate surface area is 181 Å². The van der Waals surface area contributed by atoms with Gasteiger partial charge in [-0.25, -0.2) is 4.79 Å². The number of aliphatic hydroxyl groups is 3. The lowest BCUT2D eigenvalue weighted by Crippen LogP contribution is -2.62. The minimum Gasteiger partial charge on any atom is -0.493 e. The SMILES string of the molecule is COc1ccc2cc(N(C)C(=O)C3=NO[C@H]4[C@@H](O)C=C[C@H](O)[C@]4(O)C3)c(=O)oc2c1OC. The van der Waals surface area contributed by atoms with Crippen LogP contribution in [0, 0.1) is 0 Å². The van der Waals surface area contributed by atoms with Gasteiger partial charge in [0.1, 0.15) is 29.2 Å². The van der Waals surface area contributed by atoms with E-state index in [9.17, 15) is 24.9 Å². The first-order valence-electron chi connectivity index (χ1n) is 9.67. The topological polar surface area (TPSA) is 151 Å². The van der Waals surface area contributed by atoms with Gasteiger partial charge in [-0.15, -0.1) is 0 Å². The molecule has 0 spiro atoms. The molecule has 0 saturated heterocycles. The van der Waals surface area contributed by atoms with Crippen molar-refractivity contribution in [1.29, 1.82) is 0 Å². The first kappa shape index (κ1) is 21.8. The van der Waals surface area contributed by atoms with Crippen molar-refractivity contribution in [3.05, 3.63) is 40.8 Å². The molecule has 170 valence electrons. The number of carbonyl (C=O) groups is 1. The third-order valence-corrected chi connectivity index (χ3v) is 5.67. The highest BCUT2D eigenvalue weighted by molar-refractivity contribution is 6.43. The van der Waals surface area contributed by atoms with E-state index in [4.69, 9.17) is 18.7 Å². The molecule has 0 radical (unpaired) electrons. The van der Waals surface area contributed by atoms with Crippen LogP contribution in [0.15, 0.2) is 44.7 Å². The van der Waals surface area contributed by atoms with E-state index in [1.807, 2.05) is 0 Å². The zero-order chi connectivity index (χ0) is 23.2. The molecule has 4 atom stereocenters. The van der Waals surface area contributed by atoms with Crippen molar-refractivity contribution in [2.75, 3.05) is 26.2 Å². The number of amides is 1. The fourth-order valence-corrected chi connectivity index (χ4v) is 3.87. The van der Waals surface area contributed by atoms with Gasteiger partial charge in [0.2, 0.25) is 5.75 Å². The maximum atomic E-state index is 13.0. The summed E-state index contributed by atoms with van der Waals surface area (Å²) in [5.74, 6) is -0.141. The first-order chi connectivity index (χ1) is 15.2. The standard InChI is InChI=1S/C21H22N2O9/c1-23(12-8-10-4-6-14(29-2)17(30-3)16(10)31-20(12)27)19(26)11-9-21(28)15(25)7-5-13(24)18(21)32-22-11/h4-8,13,15,18,24-25,28H,9H2,1-3H3/t13-,15-,18-,21+/m0/s1. The number of hydrogen-bond acceptors (Lipinski definition) is 10. The molecule has 2 heterocycles. The molecule has 11 heteroatoms. The molecule has 3 N–H and O–H groups in total. The molecule has 2 aromatic rings. The van der Waals surface area contributed by atoms with E-state index in [2.05, 4.69) is 5.16 Å². The van der Waals surface area contributed by atoms with E-state index in [0.29, 0.717) is 11.1 Å². The maximum Gasteiger partial charge on any atom is 0.360 e. The van der Waals surface area contributed by atoms with Crippen LogP contribution in [0.4, 0.5) is 5.69 Å². The van der Waals surface area contributed by atoms with Gasteiger partial charge >= 0.3 is 5.63 Å². The lowest BCUT2D eigenvalue weighted by Gasteiger charge is -2.43. The van der Waals surface area contributed by atoms with Crippen LogP contribution in [-0.4, -0.2) is 72.1 Å². The lowest BCUT2D eigenvalue weighted by molar-refractivity contribution is -0.191. The molecule has 0 saturated carbocycles. The Morgan fingerprint density at radius 1 is 1.25 bits per heavy atom. The van der Waals surface area contributed by atoms with E-state index >= 15 is 0 Å². The fraction of sp³-hybridized carbons (Fsp3) is 0.381. The summed E-state index contributed by atoms with van der Waals surface area (Å²) in [5, 5.41) is 35.3. The molecule has 1 aromatic carbocycles. The van der Waals surface area contributed by atoms with E-state index < -0.39 is 41.9 Å². The van der Waals surface area contributed by atoms with E-state index in [1.165, 1.54) is 39.5 Å². The Balaban J connectivity index is 1.68. The van der Waals surface area contributed by atoms with Gasteiger partial charge in [0, 0.05) is 18.9 Å². The second-order valence-corrected chi connectivity index (χ2v) is 7.56. The van der Waals surface area contributed by atoms with Crippen molar-refractivity contribution in [3.8, 4) is 11.5 Å². The van der Waals surface area contributed by atoms with Crippen LogP contribution in [0.5, 0.6) is 11.5 Å². The van der Waals surface area contributed by atoms with Crippen molar-refractivity contribution >= 4 is 28.3 Å². The quantitative estimate of drug-likeness (QED) is 0.433. The highest BCUT2D eigenvalue weighted by Gasteiger charge is 2.54. The van der Waals surface area contributed by atoms with Crippen molar-refractivity contribution in [2.45, 2.75) is 30.3 Å². The molecule has 11 nitrogen and oxygen atoms in total. The number of anilines is 1. The van der Waals surface area contributed by atoms with Crippen LogP contribution in [0.25, 0.3) is 11.0 Å². The predicted molar refractivity (Wildman–Crippen MR) is 112 cm³/mol. The van der Waals surface area contributed by atoms with Crippen LogP contribution in [-0.2, 0) is 9.63 Å². The number of oxime groups is 1. The number of fused-ring (bicyclic) bond motifs is 2. The molecule has 32 heavy (non-hydrogen) atoms. The number of aliphatic hydroxyl groups excluding tert-OH is 2. The van der Waals surface area contributed by atoms with Gasteiger partial charge < -0.3 is 38.9 Å². The molecule has 0 fully saturated rings. The summed E-state index contributed by atoms with van der Waals surface area (Å²) in [6.45, 7) is 0. The molecule has 1 aliphatic carbocycles. The number of ether oxygens (including phenoxy) is 2. The highest BCUT2D eigenvalue weighted by atomic mass is 16.7. The van der Waals surface area contributed by atoms with Gasteiger partial charge in [-0.3, -0.25) is 4.79 Å². The second kappa shape index (κ2) is 7.93. The van der Waals surface area contributed by atoms with Gasteiger partial charge in [0.15, 0.2) is 17.4 Å². The van der Waals surface area contributed by atoms with Crippen LogP contribution >= 0.6 is 0 Å². The number of methoxy groups -OCH3 is 2. The van der Waals surface area contributed by atoms with Gasteiger partial charge in [-0.05, 0) is 18.2 Å². The van der Waals surface area contributed by atoms with Gasteiger partial charge in [0.05, 0.1) is 14.2 Å². The average Bonchev–Trinajstić information content (AvgIpc) is 2.79. The number of hydrogen-bond donors (Lipinski definition) is 3. The van der Waals surface area contributed by atoms with Crippen molar-refractivity contribution in [2.24, 2.45) is 5.16 Å². The third kappa shape index (κ3) is 3.30. The minimum absolute atomic E-state index is 0.0874. The van der Waals surface area contributed by atoms with Gasteiger partial charge in [0.25, 0.3) is 5.91 Å². The second-order valence-electron chi connectivity index (χ2n) is 7.56. The zero-order valence-electron chi connectivity index (χ0n) is 17.5. The highest BCUT2D eigenvalue weighted by Crippen LogP contribution is 2.36. The molecular weight excluding hydrogens is 424 g/mol. The minimum atomic E-state index is -1.96. The van der Waals surface area contributed by atoms with Crippen molar-refractivity contribution < 1.29 is 38.8 Å². The van der Waals surface area contributed by atoms with E-state index in [0.717, 1.165) is 4.90 Å². The van der Waals surface area contributed by atoms with Crippen molar-refractivity contribution in [1.82, 2.24) is 0 Å². The Morgan fingerprint density at radius 3 is 2.69 bits per heavy atom. The smallest absolute Gasteiger partial charge is 0.360 e. The summed E-state index contributed by atoms with van der Waals surface area (Å²) in [5.41, 5.74) is -2.94. The zero-order valence-corrected chi connectivity index (χ0v) is 17.5. The van der Waals surface area contributed by atoms with Crippen molar-refractivity contribution in [3.63, 3.8) is 0 Å². The van der Waals surface area contributed by atoms with Crippen LogP contribution < -0.4 is 20.0 Å². The summed E-state index contributed by atoms with van der Waals surface area (Å²) in [6, 6.07) is 4.72. The van der Waals surface area contributed by atoms with Gasteiger partial charge in [-0.1, -0.05) is 17.3 Å². The molecule has 0 bridgehead atoms. The number of benzene rings is 1. The van der Waals surface area contributed by atoms with Crippen LogP contribution in [0.1, 0.15) is 6.42 Å². The fourth-order valence-electron chi connectivity index (χ4n) is 3.87. The summed E-state index contributed by atoms with van der Waals surface area (Å²) in [6.07, 6.45) is -1.72. The summed E-state index contributed by atoms with van der Waals surface area (Å²) >= 11 is 0. The van der Waals surface area contributed by atoms with Gasteiger partial charge in [-0.2, -0.15) is 0 Å². The van der Waals surface area contributed by atoms with Crippen LogP contribution in [0.3, 0.4) is 0 Å². The summed E-state index contributed by atoms with van der Waals surface area (Å²) in [4.78, 5) is 31.8. The van der Waals surface area contributed by atoms with Crippen LogP contribution in [0.2, 0.25) is 0 Å². The number of carbonyl (C=O) groups excluding carboxylic acids is 1. The maximum absolute atomic E-state index is 13.0. The molecule has 4 rings (SSSR count). The normalized spacial score (nSPS) is 26.7. The average molecular weight is 446 g/mol. The Hall–Kier alpha value is -3.41. The molecule has 1 aliphatic heterocycles. The third-order valence-electron chi connectivity index (χ3n) is 5.67. The van der Waals surface area contributed by atoms with E-state index in [-0.39, 0.29) is 22.7 Å².